The third-order valence-electron chi connectivity index (χ3n) is 5.87. The van der Waals surface area contributed by atoms with Gasteiger partial charge in [-0.15, -0.1) is 0 Å². The summed E-state index contributed by atoms with van der Waals surface area (Å²) in [5.41, 5.74) is 1.37. The second-order valence-electron chi connectivity index (χ2n) is 7.62. The van der Waals surface area contributed by atoms with E-state index in [9.17, 15) is 22.8 Å². The van der Waals surface area contributed by atoms with Crippen LogP contribution in [-0.2, 0) is 9.59 Å². The molecule has 1 N–H and O–H groups in total. The minimum atomic E-state index is -0.875. The Hall–Kier alpha value is -2.83. The lowest BCUT2D eigenvalue weighted by molar-refractivity contribution is -0.134. The van der Waals surface area contributed by atoms with E-state index < -0.39 is 17.6 Å². The van der Waals surface area contributed by atoms with Crippen molar-refractivity contribution in [2.45, 2.75) is 37.5 Å². The van der Waals surface area contributed by atoms with Crippen LogP contribution in [0.3, 0.4) is 0 Å². The van der Waals surface area contributed by atoms with E-state index in [-0.39, 0.29) is 35.7 Å². The van der Waals surface area contributed by atoms with Crippen molar-refractivity contribution in [1.29, 1.82) is 0 Å². The minimum Gasteiger partial charge on any atom is -0.369 e. The lowest BCUT2D eigenvalue weighted by Gasteiger charge is -2.34. The molecule has 1 atom stereocenters. The van der Waals surface area contributed by atoms with Crippen LogP contribution in [0.4, 0.5) is 18.9 Å². The summed E-state index contributed by atoms with van der Waals surface area (Å²) in [5, 5.41) is 2.29. The number of hydrogen-bond donors (Lipinski definition) is 1. The molecule has 2 aromatic rings. The molecule has 152 valence electrons. The fourth-order valence-electron chi connectivity index (χ4n) is 4.27. The smallest absolute Gasteiger partial charge is 0.234 e. The van der Waals surface area contributed by atoms with E-state index in [1.165, 1.54) is 12.1 Å². The summed E-state index contributed by atoms with van der Waals surface area (Å²) in [5.74, 6) is -3.34. The van der Waals surface area contributed by atoms with Gasteiger partial charge in [-0.2, -0.15) is 0 Å². The SMILES string of the molecule is O=C1CCC(c2ccc(C3CCN(c4cccc(F)c4F)CC3)c(F)c2)C(=O)N1. The van der Waals surface area contributed by atoms with Crippen molar-refractivity contribution < 1.29 is 22.8 Å². The number of nitrogens with zero attached hydrogens (tertiary/aromatic N) is 1. The minimum absolute atomic E-state index is 0.0290. The van der Waals surface area contributed by atoms with Crippen LogP contribution in [0.25, 0.3) is 0 Å². The van der Waals surface area contributed by atoms with E-state index in [1.807, 2.05) is 0 Å². The maximum atomic E-state index is 14.8. The lowest BCUT2D eigenvalue weighted by atomic mass is 9.85. The summed E-state index contributed by atoms with van der Waals surface area (Å²) >= 11 is 0. The number of carbonyl (C=O) groups is 2. The molecule has 7 heteroatoms. The van der Waals surface area contributed by atoms with Gasteiger partial charge in [-0.25, -0.2) is 13.2 Å². The number of benzene rings is 2. The van der Waals surface area contributed by atoms with Crippen molar-refractivity contribution >= 4 is 17.5 Å². The third kappa shape index (κ3) is 3.86. The van der Waals surface area contributed by atoms with Gasteiger partial charge in [0.1, 0.15) is 5.82 Å². The van der Waals surface area contributed by atoms with Crippen LogP contribution in [0, 0.1) is 17.5 Å². The average molecular weight is 402 g/mol. The fraction of sp³-hybridized carbons (Fsp3) is 0.364. The van der Waals surface area contributed by atoms with Gasteiger partial charge < -0.3 is 4.90 Å². The van der Waals surface area contributed by atoms with E-state index >= 15 is 0 Å². The molecule has 0 radical (unpaired) electrons. The molecular formula is C22H21F3N2O2. The first-order valence-corrected chi connectivity index (χ1v) is 9.76. The Morgan fingerprint density at radius 2 is 1.69 bits per heavy atom. The van der Waals surface area contributed by atoms with Crippen molar-refractivity contribution in [1.82, 2.24) is 5.32 Å². The van der Waals surface area contributed by atoms with Crippen LogP contribution < -0.4 is 10.2 Å². The van der Waals surface area contributed by atoms with Crippen LogP contribution in [0.1, 0.15) is 48.6 Å². The molecule has 2 saturated heterocycles. The number of hydrogen-bond acceptors (Lipinski definition) is 3. The number of anilines is 1. The van der Waals surface area contributed by atoms with Crippen molar-refractivity contribution in [3.8, 4) is 0 Å². The Morgan fingerprint density at radius 3 is 2.38 bits per heavy atom. The highest BCUT2D eigenvalue weighted by molar-refractivity contribution is 6.00. The molecule has 0 saturated carbocycles. The first-order chi connectivity index (χ1) is 13.9. The second kappa shape index (κ2) is 7.89. The summed E-state index contributed by atoms with van der Waals surface area (Å²) in [6.45, 7) is 0.999. The number of amides is 2. The van der Waals surface area contributed by atoms with Crippen molar-refractivity contribution in [2.75, 3.05) is 18.0 Å². The maximum Gasteiger partial charge on any atom is 0.234 e. The predicted octanol–water partition coefficient (Wildman–Crippen LogP) is 4.01. The van der Waals surface area contributed by atoms with Crippen molar-refractivity contribution in [2.24, 2.45) is 0 Å². The van der Waals surface area contributed by atoms with Crippen LogP contribution in [0.5, 0.6) is 0 Å². The standard InChI is InChI=1S/C22H21F3N2O2/c23-17-2-1-3-19(21(17)25)27-10-8-13(9-11-27)15-5-4-14(12-18(15)24)16-6-7-20(28)26-22(16)29/h1-5,12-13,16H,6-11H2,(H,26,28,29). The van der Waals surface area contributed by atoms with E-state index in [4.69, 9.17) is 0 Å². The molecule has 4 rings (SSSR count). The number of piperidine rings is 2. The Bertz CT molecular complexity index is 955. The van der Waals surface area contributed by atoms with Crippen LogP contribution in [0.15, 0.2) is 36.4 Å². The molecule has 1 unspecified atom stereocenters. The monoisotopic (exact) mass is 402 g/mol. The van der Waals surface area contributed by atoms with Gasteiger partial charge in [0.25, 0.3) is 0 Å². The highest BCUT2D eigenvalue weighted by Crippen LogP contribution is 2.35. The van der Waals surface area contributed by atoms with Gasteiger partial charge in [0.05, 0.1) is 11.6 Å². The molecule has 0 spiro atoms. The molecule has 29 heavy (non-hydrogen) atoms. The summed E-state index contributed by atoms with van der Waals surface area (Å²) in [7, 11) is 0. The number of rotatable bonds is 3. The third-order valence-corrected chi connectivity index (χ3v) is 5.87. The number of imide groups is 1. The number of halogens is 3. The van der Waals surface area contributed by atoms with Crippen molar-refractivity contribution in [3.05, 3.63) is 65.0 Å². The number of nitrogens with one attached hydrogen (secondary N) is 1. The first-order valence-electron chi connectivity index (χ1n) is 9.76. The molecule has 2 amide bonds. The summed E-state index contributed by atoms with van der Waals surface area (Å²) < 4.78 is 42.3. The van der Waals surface area contributed by atoms with E-state index in [1.54, 1.807) is 23.1 Å². The molecule has 2 aliphatic rings. The Balaban J connectivity index is 1.45. The lowest BCUT2D eigenvalue weighted by Crippen LogP contribution is -2.39. The second-order valence-corrected chi connectivity index (χ2v) is 7.62. The van der Waals surface area contributed by atoms with Crippen LogP contribution in [0.2, 0.25) is 0 Å². The predicted molar refractivity (Wildman–Crippen MR) is 102 cm³/mol. The molecule has 0 aromatic heterocycles. The fourth-order valence-corrected chi connectivity index (χ4v) is 4.27. The Morgan fingerprint density at radius 1 is 0.931 bits per heavy atom. The highest BCUT2D eigenvalue weighted by atomic mass is 19.2. The Labute approximate surface area is 166 Å². The van der Waals surface area contributed by atoms with Crippen LogP contribution >= 0.6 is 0 Å². The normalized spacial score (nSPS) is 20.7. The zero-order valence-electron chi connectivity index (χ0n) is 15.8. The highest BCUT2D eigenvalue weighted by Gasteiger charge is 2.30. The van der Waals surface area contributed by atoms with Gasteiger partial charge in [-0.05, 0) is 54.5 Å². The summed E-state index contributed by atoms with van der Waals surface area (Å²) in [6.07, 6.45) is 1.85. The molecule has 2 aromatic carbocycles. The van der Waals surface area contributed by atoms with E-state index in [0.717, 1.165) is 6.07 Å². The van der Waals surface area contributed by atoms with Gasteiger partial charge in [0, 0.05) is 19.5 Å². The molecular weight excluding hydrogens is 381 g/mol. The molecule has 4 nitrogen and oxygen atoms in total. The number of carbonyl (C=O) groups excluding carboxylic acids is 2. The molecule has 0 bridgehead atoms. The zero-order chi connectivity index (χ0) is 20.5. The molecule has 2 aliphatic heterocycles. The van der Waals surface area contributed by atoms with Gasteiger partial charge in [-0.3, -0.25) is 14.9 Å². The van der Waals surface area contributed by atoms with Crippen molar-refractivity contribution in [3.63, 3.8) is 0 Å². The van der Waals surface area contributed by atoms with E-state index in [2.05, 4.69) is 5.32 Å². The van der Waals surface area contributed by atoms with Crippen LogP contribution in [-0.4, -0.2) is 24.9 Å². The van der Waals surface area contributed by atoms with Gasteiger partial charge in [0.15, 0.2) is 11.6 Å². The average Bonchev–Trinajstić information content (AvgIpc) is 2.70. The quantitative estimate of drug-likeness (QED) is 0.790. The van der Waals surface area contributed by atoms with Gasteiger partial charge in [-0.1, -0.05) is 18.2 Å². The van der Waals surface area contributed by atoms with Gasteiger partial charge >= 0.3 is 0 Å². The Kier molecular flexibility index (Phi) is 5.30. The summed E-state index contributed by atoms with van der Waals surface area (Å²) in [4.78, 5) is 25.1. The largest absolute Gasteiger partial charge is 0.369 e. The van der Waals surface area contributed by atoms with E-state index in [0.29, 0.717) is 43.5 Å². The molecule has 2 heterocycles. The first kappa shape index (κ1) is 19.5. The molecule has 2 fully saturated rings. The zero-order valence-corrected chi connectivity index (χ0v) is 15.8. The maximum absolute atomic E-state index is 14.8. The topological polar surface area (TPSA) is 49.4 Å². The molecule has 0 aliphatic carbocycles. The van der Waals surface area contributed by atoms with Gasteiger partial charge in [0.2, 0.25) is 11.8 Å². The summed E-state index contributed by atoms with van der Waals surface area (Å²) in [6, 6.07) is 8.95.